The summed E-state index contributed by atoms with van der Waals surface area (Å²) >= 11 is 6.01. The second-order valence-electron chi connectivity index (χ2n) is 5.01. The molecule has 0 aliphatic carbocycles. The highest BCUT2D eigenvalue weighted by Gasteiger charge is 2.41. The molecule has 0 radical (unpaired) electrons. The van der Waals surface area contributed by atoms with Gasteiger partial charge in [0.2, 0.25) is 0 Å². The molecule has 1 heterocycles. The predicted octanol–water partition coefficient (Wildman–Crippen LogP) is 2.21. The fraction of sp³-hybridized carbons (Fsp3) is 0.250. The zero-order valence-electron chi connectivity index (χ0n) is 13.2. The number of hydrogen-bond acceptors (Lipinski definition) is 6. The van der Waals surface area contributed by atoms with Gasteiger partial charge < -0.3 is 14.9 Å². The number of carboxylic acids is 2. The van der Waals surface area contributed by atoms with Crippen LogP contribution in [0.4, 0.5) is 0 Å². The van der Waals surface area contributed by atoms with Crippen LogP contribution < -0.4 is 4.74 Å². The number of carbonyl (C=O) groups is 3. The highest BCUT2D eigenvalue weighted by Crippen LogP contribution is 2.34. The molecular weight excluding hydrogens is 366 g/mol. The van der Waals surface area contributed by atoms with E-state index in [0.29, 0.717) is 17.9 Å². The van der Waals surface area contributed by atoms with Crippen LogP contribution in [0.5, 0.6) is 5.75 Å². The summed E-state index contributed by atoms with van der Waals surface area (Å²) in [5.41, 5.74) is 0.717. The molecule has 132 valence electrons. The summed E-state index contributed by atoms with van der Waals surface area (Å²) in [6.07, 6.45) is 0.854. The smallest absolute Gasteiger partial charge is 0.327 e. The molecule has 0 aromatic heterocycles. The number of carboxylic acid groups (broad SMARTS) is 2. The maximum absolute atomic E-state index is 12.5. The molecule has 0 bridgehead atoms. The van der Waals surface area contributed by atoms with Crippen LogP contribution in [0, 0.1) is 0 Å². The molecular formula is C16H15NO6S2. The number of ether oxygens (including phenoxy) is 1. The van der Waals surface area contributed by atoms with E-state index in [1.54, 1.807) is 30.3 Å². The van der Waals surface area contributed by atoms with Gasteiger partial charge in [-0.25, -0.2) is 4.79 Å². The van der Waals surface area contributed by atoms with Gasteiger partial charge in [0.1, 0.15) is 16.1 Å². The lowest BCUT2D eigenvalue weighted by molar-refractivity contribution is -0.150. The van der Waals surface area contributed by atoms with E-state index in [9.17, 15) is 19.5 Å². The van der Waals surface area contributed by atoms with Crippen molar-refractivity contribution in [2.24, 2.45) is 0 Å². The van der Waals surface area contributed by atoms with Gasteiger partial charge in [0.15, 0.2) is 0 Å². The first-order chi connectivity index (χ1) is 11.8. The molecule has 0 saturated carbocycles. The van der Waals surface area contributed by atoms with Crippen molar-refractivity contribution in [3.63, 3.8) is 0 Å². The van der Waals surface area contributed by atoms with Gasteiger partial charge in [0.25, 0.3) is 5.91 Å². The highest BCUT2D eigenvalue weighted by molar-refractivity contribution is 8.26. The van der Waals surface area contributed by atoms with Crippen molar-refractivity contribution in [3.8, 4) is 5.75 Å². The SMILES string of the molecule is CCOc1ccc(C=C2SC(=S)N(C(CC(=O)O)C(=O)O)C2=O)cc1. The molecule has 1 unspecified atom stereocenters. The molecule has 1 atom stereocenters. The molecule has 0 spiro atoms. The molecule has 1 aromatic rings. The summed E-state index contributed by atoms with van der Waals surface area (Å²) in [4.78, 5) is 35.8. The third-order valence-corrected chi connectivity index (χ3v) is 4.61. The van der Waals surface area contributed by atoms with Gasteiger partial charge in [-0.2, -0.15) is 0 Å². The number of carbonyl (C=O) groups excluding carboxylic acids is 1. The van der Waals surface area contributed by atoms with Crippen LogP contribution in [-0.2, 0) is 14.4 Å². The van der Waals surface area contributed by atoms with Crippen LogP contribution in [0.25, 0.3) is 6.08 Å². The third-order valence-electron chi connectivity index (χ3n) is 3.28. The Balaban J connectivity index is 2.24. The van der Waals surface area contributed by atoms with Gasteiger partial charge in [-0.1, -0.05) is 36.1 Å². The number of thioether (sulfide) groups is 1. The Morgan fingerprint density at radius 1 is 1.32 bits per heavy atom. The first-order valence-corrected chi connectivity index (χ1v) is 8.50. The topological polar surface area (TPSA) is 104 Å². The zero-order chi connectivity index (χ0) is 18.6. The number of aliphatic carboxylic acids is 2. The average molecular weight is 381 g/mol. The van der Waals surface area contributed by atoms with Gasteiger partial charge in [0, 0.05) is 0 Å². The molecule has 25 heavy (non-hydrogen) atoms. The summed E-state index contributed by atoms with van der Waals surface area (Å²) in [6.45, 7) is 2.41. The third kappa shape index (κ3) is 4.58. The van der Waals surface area contributed by atoms with E-state index in [2.05, 4.69) is 0 Å². The van der Waals surface area contributed by atoms with Gasteiger partial charge in [-0.05, 0) is 30.7 Å². The number of amides is 1. The van der Waals surface area contributed by atoms with E-state index in [1.807, 2.05) is 6.92 Å². The Bertz CT molecular complexity index is 743. The van der Waals surface area contributed by atoms with Gasteiger partial charge in [0.05, 0.1) is 17.9 Å². The van der Waals surface area contributed by atoms with Crippen molar-refractivity contribution in [1.29, 1.82) is 0 Å². The second-order valence-corrected chi connectivity index (χ2v) is 6.68. The molecule has 1 aromatic carbocycles. The second kappa shape index (κ2) is 8.13. The number of rotatable bonds is 7. The molecule has 1 fully saturated rings. The minimum atomic E-state index is -1.53. The van der Waals surface area contributed by atoms with Crippen molar-refractivity contribution in [3.05, 3.63) is 34.7 Å². The lowest BCUT2D eigenvalue weighted by Crippen LogP contribution is -2.45. The van der Waals surface area contributed by atoms with E-state index >= 15 is 0 Å². The summed E-state index contributed by atoms with van der Waals surface area (Å²) in [5.74, 6) is -2.66. The zero-order valence-corrected chi connectivity index (χ0v) is 14.8. The Morgan fingerprint density at radius 2 is 1.96 bits per heavy atom. The normalized spacial score (nSPS) is 17.0. The van der Waals surface area contributed by atoms with Crippen molar-refractivity contribution < 1.29 is 29.3 Å². The van der Waals surface area contributed by atoms with Gasteiger partial charge >= 0.3 is 11.9 Å². The molecule has 1 saturated heterocycles. The Morgan fingerprint density at radius 3 is 2.48 bits per heavy atom. The molecule has 1 amide bonds. The minimum absolute atomic E-state index is 0.0239. The number of hydrogen-bond donors (Lipinski definition) is 2. The molecule has 2 N–H and O–H groups in total. The fourth-order valence-corrected chi connectivity index (χ4v) is 3.54. The van der Waals surface area contributed by atoms with Crippen molar-refractivity contribution in [1.82, 2.24) is 4.90 Å². The maximum atomic E-state index is 12.5. The average Bonchev–Trinajstić information content (AvgIpc) is 2.81. The lowest BCUT2D eigenvalue weighted by atomic mass is 10.1. The Kier molecular flexibility index (Phi) is 6.16. The fourth-order valence-electron chi connectivity index (χ4n) is 2.18. The lowest BCUT2D eigenvalue weighted by Gasteiger charge is -2.21. The monoisotopic (exact) mass is 381 g/mol. The summed E-state index contributed by atoms with van der Waals surface area (Å²) in [7, 11) is 0. The van der Waals surface area contributed by atoms with Crippen LogP contribution in [0.1, 0.15) is 18.9 Å². The summed E-state index contributed by atoms with van der Waals surface area (Å²) < 4.78 is 5.36. The van der Waals surface area contributed by atoms with Gasteiger partial charge in [-0.15, -0.1) is 0 Å². The van der Waals surface area contributed by atoms with Crippen LogP contribution >= 0.6 is 24.0 Å². The van der Waals surface area contributed by atoms with Crippen molar-refractivity contribution >= 4 is 52.2 Å². The Hall–Kier alpha value is -2.39. The molecule has 1 aliphatic rings. The first kappa shape index (κ1) is 18.9. The highest BCUT2D eigenvalue weighted by atomic mass is 32.2. The first-order valence-electron chi connectivity index (χ1n) is 7.28. The van der Waals surface area contributed by atoms with Crippen LogP contribution in [0.15, 0.2) is 29.2 Å². The van der Waals surface area contributed by atoms with Crippen LogP contribution in [-0.4, -0.2) is 49.9 Å². The summed E-state index contributed by atoms with van der Waals surface area (Å²) in [5, 5.41) is 18.1. The van der Waals surface area contributed by atoms with E-state index in [4.69, 9.17) is 22.1 Å². The van der Waals surface area contributed by atoms with E-state index < -0.39 is 30.3 Å². The quantitative estimate of drug-likeness (QED) is 0.547. The minimum Gasteiger partial charge on any atom is -0.494 e. The van der Waals surface area contributed by atoms with Gasteiger partial charge in [-0.3, -0.25) is 14.5 Å². The van der Waals surface area contributed by atoms with Crippen molar-refractivity contribution in [2.75, 3.05) is 6.61 Å². The Labute approximate surface area is 153 Å². The molecule has 2 rings (SSSR count). The van der Waals surface area contributed by atoms with Crippen molar-refractivity contribution in [2.45, 2.75) is 19.4 Å². The largest absolute Gasteiger partial charge is 0.494 e. The number of benzene rings is 1. The van der Waals surface area contributed by atoms with E-state index in [1.165, 1.54) is 0 Å². The van der Waals surface area contributed by atoms with Crippen LogP contribution in [0.3, 0.4) is 0 Å². The van der Waals surface area contributed by atoms with E-state index in [0.717, 1.165) is 16.7 Å². The number of thiocarbonyl (C=S) groups is 1. The molecule has 9 heteroatoms. The van der Waals surface area contributed by atoms with E-state index in [-0.39, 0.29) is 9.23 Å². The molecule has 1 aliphatic heterocycles. The standard InChI is InChI=1S/C16H15NO6S2/c1-2-23-10-5-3-9(4-6-10)7-12-14(20)17(16(24)25-12)11(15(21)22)8-13(18)19/h3-7,11H,2,8H2,1H3,(H,18,19)(H,21,22). The summed E-state index contributed by atoms with van der Waals surface area (Å²) in [6, 6.07) is 5.48. The maximum Gasteiger partial charge on any atom is 0.327 e. The predicted molar refractivity (Wildman–Crippen MR) is 96.3 cm³/mol. The van der Waals surface area contributed by atoms with Crippen LogP contribution in [0.2, 0.25) is 0 Å². The number of nitrogens with zero attached hydrogens (tertiary/aromatic N) is 1. The molecule has 7 nitrogen and oxygen atoms in total.